The van der Waals surface area contributed by atoms with Crippen LogP contribution < -0.4 is 5.32 Å². The second-order valence-corrected chi connectivity index (χ2v) is 6.59. The molecule has 0 atom stereocenters. The Bertz CT molecular complexity index is 983. The summed E-state index contributed by atoms with van der Waals surface area (Å²) in [5, 5.41) is 17.7. The lowest BCUT2D eigenvalue weighted by molar-refractivity contribution is -0.382. The number of nitrogens with one attached hydrogen (secondary N) is 1. The molecule has 0 unspecified atom stereocenters. The molecule has 1 amide bonds. The molecule has 0 aromatic heterocycles. The first-order chi connectivity index (χ1) is 12.5. The van der Waals surface area contributed by atoms with Gasteiger partial charge in [0.15, 0.2) is 0 Å². The standard InChI is InChI=1S/C20H21N3O3/c1-22(2)11-5-8-19(24)21-18-10-9-16-12-14-6-3-4-7-15(14)13-17(16)20(18)23(25)26/h3-4,6-7,9-10,12-13H,5,8,11H2,1-2H3,(H,21,24). The van der Waals surface area contributed by atoms with E-state index in [1.54, 1.807) is 6.07 Å². The minimum absolute atomic E-state index is 0.0609. The second kappa shape index (κ2) is 7.49. The van der Waals surface area contributed by atoms with E-state index >= 15 is 0 Å². The summed E-state index contributed by atoms with van der Waals surface area (Å²) in [4.78, 5) is 25.4. The number of nitro benzene ring substituents is 1. The first kappa shape index (κ1) is 17.8. The maximum absolute atomic E-state index is 12.2. The Morgan fingerprint density at radius 3 is 2.42 bits per heavy atom. The molecule has 0 saturated carbocycles. The summed E-state index contributed by atoms with van der Waals surface area (Å²) in [6.07, 6.45) is 1.02. The van der Waals surface area contributed by atoms with Crippen LogP contribution in [0.25, 0.3) is 21.5 Å². The summed E-state index contributed by atoms with van der Waals surface area (Å²) in [6.45, 7) is 0.791. The molecule has 0 aliphatic carbocycles. The molecule has 3 rings (SSSR count). The molecule has 0 aliphatic rings. The Morgan fingerprint density at radius 1 is 1.08 bits per heavy atom. The Labute approximate surface area is 151 Å². The highest BCUT2D eigenvalue weighted by Gasteiger charge is 2.20. The van der Waals surface area contributed by atoms with E-state index in [-0.39, 0.29) is 17.3 Å². The van der Waals surface area contributed by atoms with Crippen LogP contribution in [0.15, 0.2) is 48.5 Å². The van der Waals surface area contributed by atoms with Crippen molar-refractivity contribution >= 4 is 38.8 Å². The van der Waals surface area contributed by atoms with Crippen LogP contribution in [0.5, 0.6) is 0 Å². The largest absolute Gasteiger partial charge is 0.320 e. The van der Waals surface area contributed by atoms with Crippen molar-refractivity contribution in [3.63, 3.8) is 0 Å². The average molecular weight is 351 g/mol. The van der Waals surface area contributed by atoms with Gasteiger partial charge in [-0.3, -0.25) is 14.9 Å². The maximum Gasteiger partial charge on any atom is 0.300 e. The minimum Gasteiger partial charge on any atom is -0.320 e. The molecule has 1 N–H and O–H groups in total. The average Bonchev–Trinajstić information content (AvgIpc) is 2.59. The van der Waals surface area contributed by atoms with Crippen LogP contribution in [0.1, 0.15) is 12.8 Å². The van der Waals surface area contributed by atoms with Crippen molar-refractivity contribution in [1.29, 1.82) is 0 Å². The van der Waals surface area contributed by atoms with Gasteiger partial charge in [-0.05, 0) is 61.4 Å². The lowest BCUT2D eigenvalue weighted by atomic mass is 10.0. The predicted octanol–water partition coefficient (Wildman–Crippen LogP) is 4.18. The van der Waals surface area contributed by atoms with Crippen molar-refractivity contribution in [3.05, 3.63) is 58.6 Å². The number of hydrogen-bond acceptors (Lipinski definition) is 4. The smallest absolute Gasteiger partial charge is 0.300 e. The molecule has 3 aromatic carbocycles. The molecule has 0 bridgehead atoms. The summed E-state index contributed by atoms with van der Waals surface area (Å²) in [5.41, 5.74) is 0.182. The zero-order valence-electron chi connectivity index (χ0n) is 14.9. The van der Waals surface area contributed by atoms with Crippen LogP contribution in [-0.2, 0) is 4.79 Å². The molecule has 0 aliphatic heterocycles. The molecule has 3 aromatic rings. The first-order valence-corrected chi connectivity index (χ1v) is 8.50. The van der Waals surface area contributed by atoms with Crippen molar-refractivity contribution < 1.29 is 9.72 Å². The third-order valence-corrected chi connectivity index (χ3v) is 4.32. The van der Waals surface area contributed by atoms with E-state index in [0.29, 0.717) is 18.2 Å². The zero-order chi connectivity index (χ0) is 18.7. The summed E-state index contributed by atoms with van der Waals surface area (Å²) < 4.78 is 0. The van der Waals surface area contributed by atoms with Crippen molar-refractivity contribution in [2.45, 2.75) is 12.8 Å². The fraction of sp³-hybridized carbons (Fsp3) is 0.250. The number of hydrogen-bond donors (Lipinski definition) is 1. The maximum atomic E-state index is 12.2. The molecule has 0 spiro atoms. The van der Waals surface area contributed by atoms with Gasteiger partial charge in [0.1, 0.15) is 5.69 Å². The number of benzene rings is 3. The minimum atomic E-state index is -0.424. The Kier molecular flexibility index (Phi) is 5.14. The fourth-order valence-corrected chi connectivity index (χ4v) is 3.06. The lowest BCUT2D eigenvalue weighted by Crippen LogP contribution is -2.17. The summed E-state index contributed by atoms with van der Waals surface area (Å²) >= 11 is 0. The number of rotatable bonds is 6. The van der Waals surface area contributed by atoms with E-state index in [0.717, 1.165) is 22.7 Å². The van der Waals surface area contributed by atoms with Crippen molar-refractivity contribution in [2.24, 2.45) is 0 Å². The topological polar surface area (TPSA) is 75.5 Å². The molecule has 0 fully saturated rings. The molecule has 0 heterocycles. The predicted molar refractivity (Wildman–Crippen MR) is 105 cm³/mol. The first-order valence-electron chi connectivity index (χ1n) is 8.50. The van der Waals surface area contributed by atoms with Crippen molar-refractivity contribution in [2.75, 3.05) is 26.0 Å². The van der Waals surface area contributed by atoms with Crippen molar-refractivity contribution in [1.82, 2.24) is 4.90 Å². The van der Waals surface area contributed by atoms with Crippen LogP contribution >= 0.6 is 0 Å². The monoisotopic (exact) mass is 351 g/mol. The molecular formula is C20H21N3O3. The third kappa shape index (κ3) is 3.81. The Hall–Kier alpha value is -2.99. The fourth-order valence-electron chi connectivity index (χ4n) is 3.06. The normalized spacial score (nSPS) is 11.2. The van der Waals surface area contributed by atoms with E-state index in [2.05, 4.69) is 5.32 Å². The van der Waals surface area contributed by atoms with Gasteiger partial charge in [-0.15, -0.1) is 0 Å². The Morgan fingerprint density at radius 2 is 1.77 bits per heavy atom. The number of nitrogens with zero attached hydrogens (tertiary/aromatic N) is 2. The molecule has 6 nitrogen and oxygen atoms in total. The molecule has 26 heavy (non-hydrogen) atoms. The number of carbonyl (C=O) groups excluding carboxylic acids is 1. The van der Waals surface area contributed by atoms with Gasteiger partial charge in [-0.25, -0.2) is 0 Å². The summed E-state index contributed by atoms with van der Waals surface area (Å²) in [6, 6.07) is 14.9. The molecule has 0 radical (unpaired) electrons. The van der Waals surface area contributed by atoms with Gasteiger partial charge >= 0.3 is 5.69 Å². The van der Waals surface area contributed by atoms with Gasteiger partial charge in [0.2, 0.25) is 5.91 Å². The zero-order valence-corrected chi connectivity index (χ0v) is 14.9. The van der Waals surface area contributed by atoms with Gasteiger partial charge in [0.05, 0.1) is 10.3 Å². The number of amides is 1. The highest BCUT2D eigenvalue weighted by atomic mass is 16.6. The quantitative estimate of drug-likeness (QED) is 0.411. The summed E-state index contributed by atoms with van der Waals surface area (Å²) in [5.74, 6) is -0.213. The van der Waals surface area contributed by atoms with E-state index in [1.807, 2.05) is 61.5 Å². The third-order valence-electron chi connectivity index (χ3n) is 4.32. The van der Waals surface area contributed by atoms with E-state index in [9.17, 15) is 14.9 Å². The van der Waals surface area contributed by atoms with Gasteiger partial charge in [0, 0.05) is 6.42 Å². The SMILES string of the molecule is CN(C)CCCC(=O)Nc1ccc2cc3ccccc3cc2c1[N+](=O)[O-]. The lowest BCUT2D eigenvalue weighted by Gasteiger charge is -2.11. The van der Waals surface area contributed by atoms with E-state index < -0.39 is 4.92 Å². The second-order valence-electron chi connectivity index (χ2n) is 6.59. The number of carbonyl (C=O) groups is 1. The van der Waals surface area contributed by atoms with Crippen LogP contribution in [0.3, 0.4) is 0 Å². The van der Waals surface area contributed by atoms with Crippen LogP contribution in [0.4, 0.5) is 11.4 Å². The van der Waals surface area contributed by atoms with Gasteiger partial charge in [0.25, 0.3) is 0 Å². The number of fused-ring (bicyclic) bond motifs is 2. The van der Waals surface area contributed by atoms with Crippen molar-refractivity contribution in [3.8, 4) is 0 Å². The van der Waals surface area contributed by atoms with Gasteiger partial charge in [-0.2, -0.15) is 0 Å². The van der Waals surface area contributed by atoms with Gasteiger partial charge < -0.3 is 10.2 Å². The van der Waals surface area contributed by atoms with Crippen LogP contribution in [0.2, 0.25) is 0 Å². The number of nitro groups is 1. The molecule has 6 heteroatoms. The molecule has 134 valence electrons. The molecule has 0 saturated heterocycles. The highest BCUT2D eigenvalue weighted by molar-refractivity contribution is 6.07. The van der Waals surface area contributed by atoms with Gasteiger partial charge in [-0.1, -0.05) is 30.3 Å². The van der Waals surface area contributed by atoms with E-state index in [1.165, 1.54) is 0 Å². The highest BCUT2D eigenvalue weighted by Crippen LogP contribution is 2.35. The summed E-state index contributed by atoms with van der Waals surface area (Å²) in [7, 11) is 3.88. The van der Waals surface area contributed by atoms with Crippen LogP contribution in [0, 0.1) is 10.1 Å². The van der Waals surface area contributed by atoms with Crippen LogP contribution in [-0.4, -0.2) is 36.4 Å². The Balaban J connectivity index is 1.97. The van der Waals surface area contributed by atoms with E-state index in [4.69, 9.17) is 0 Å². The number of anilines is 1. The molecular weight excluding hydrogens is 330 g/mol.